The van der Waals surface area contributed by atoms with Crippen molar-refractivity contribution in [1.82, 2.24) is 20.1 Å². The highest BCUT2D eigenvalue weighted by molar-refractivity contribution is 5.99. The number of hydrogen-bond donors (Lipinski definition) is 3. The molecule has 0 radical (unpaired) electrons. The minimum absolute atomic E-state index is 0.0968. The molecule has 0 aliphatic heterocycles. The van der Waals surface area contributed by atoms with E-state index in [0.717, 1.165) is 10.9 Å². The number of likely N-dealkylation sites (N-methyl/N-ethyl adjacent to an activating group) is 1. The minimum Gasteiger partial charge on any atom is -0.491 e. The van der Waals surface area contributed by atoms with Gasteiger partial charge in [0.1, 0.15) is 18.5 Å². The highest BCUT2D eigenvalue weighted by Crippen LogP contribution is 2.31. The molecule has 0 fully saturated rings. The van der Waals surface area contributed by atoms with Crippen molar-refractivity contribution in [3.63, 3.8) is 0 Å². The van der Waals surface area contributed by atoms with Crippen LogP contribution in [0, 0.1) is 0 Å². The third-order valence-electron chi connectivity index (χ3n) is 4.49. The van der Waals surface area contributed by atoms with Crippen LogP contribution in [-0.4, -0.2) is 59.4 Å². The number of aromatic nitrogens is 3. The largest absolute Gasteiger partial charge is 0.491 e. The van der Waals surface area contributed by atoms with Crippen LogP contribution in [0.5, 0.6) is 5.75 Å². The molecule has 1 atom stereocenters. The third kappa shape index (κ3) is 4.87. The van der Waals surface area contributed by atoms with Gasteiger partial charge in [-0.3, -0.25) is 5.32 Å². The molecule has 0 spiro atoms. The fourth-order valence-electron chi connectivity index (χ4n) is 3.04. The van der Waals surface area contributed by atoms with Gasteiger partial charge >= 0.3 is 6.09 Å². The Morgan fingerprint density at radius 2 is 2.10 bits per heavy atom. The SMILES string of the molecule is CNCC(O)COc1cccc(-c2cc(NC(=O)OC)c3cnn(C(C)C)c3n2)c1. The Morgan fingerprint density at radius 3 is 2.80 bits per heavy atom. The number of aliphatic hydroxyl groups is 1. The van der Waals surface area contributed by atoms with Gasteiger partial charge in [0.25, 0.3) is 0 Å². The summed E-state index contributed by atoms with van der Waals surface area (Å²) < 4.78 is 12.3. The first kappa shape index (κ1) is 21.5. The summed E-state index contributed by atoms with van der Waals surface area (Å²) in [5.74, 6) is 0.615. The van der Waals surface area contributed by atoms with Gasteiger partial charge in [-0.25, -0.2) is 14.5 Å². The molecule has 2 heterocycles. The fraction of sp³-hybridized carbons (Fsp3) is 0.381. The van der Waals surface area contributed by atoms with Gasteiger partial charge in [-0.2, -0.15) is 5.10 Å². The number of rotatable bonds is 8. The summed E-state index contributed by atoms with van der Waals surface area (Å²) in [6.45, 7) is 4.64. The fourth-order valence-corrected chi connectivity index (χ4v) is 3.04. The molecule has 0 aliphatic rings. The van der Waals surface area contributed by atoms with E-state index < -0.39 is 12.2 Å². The summed E-state index contributed by atoms with van der Waals surface area (Å²) in [7, 11) is 3.09. The van der Waals surface area contributed by atoms with Crippen LogP contribution in [0.1, 0.15) is 19.9 Å². The van der Waals surface area contributed by atoms with Crippen molar-refractivity contribution in [3.05, 3.63) is 36.5 Å². The maximum absolute atomic E-state index is 11.8. The standard InChI is InChI=1S/C21H27N5O4/c1-13(2)26-20-17(11-23-26)19(25-21(28)29-4)9-18(24-20)14-6-5-7-16(8-14)30-12-15(27)10-22-3/h5-9,11,13,15,22,27H,10,12H2,1-4H3,(H,24,25,28). The van der Waals surface area contributed by atoms with Crippen LogP contribution in [0.3, 0.4) is 0 Å². The molecule has 3 rings (SSSR count). The second kappa shape index (κ2) is 9.55. The number of amides is 1. The summed E-state index contributed by atoms with van der Waals surface area (Å²) in [6, 6.07) is 9.30. The number of fused-ring (bicyclic) bond motifs is 1. The lowest BCUT2D eigenvalue weighted by Gasteiger charge is -2.13. The second-order valence-electron chi connectivity index (χ2n) is 7.14. The minimum atomic E-state index is -0.607. The van der Waals surface area contributed by atoms with E-state index in [4.69, 9.17) is 14.5 Å². The molecule has 3 aromatic rings. The molecular weight excluding hydrogens is 386 g/mol. The van der Waals surface area contributed by atoms with Gasteiger partial charge in [0.05, 0.1) is 30.1 Å². The number of carbonyl (C=O) groups is 1. The van der Waals surface area contributed by atoms with E-state index in [-0.39, 0.29) is 12.6 Å². The van der Waals surface area contributed by atoms with Crippen LogP contribution in [0.15, 0.2) is 36.5 Å². The molecule has 1 aromatic carbocycles. The summed E-state index contributed by atoms with van der Waals surface area (Å²) >= 11 is 0. The van der Waals surface area contributed by atoms with Crippen molar-refractivity contribution in [2.75, 3.05) is 32.6 Å². The molecule has 30 heavy (non-hydrogen) atoms. The number of aliphatic hydroxyl groups excluding tert-OH is 1. The molecule has 9 heteroatoms. The Hall–Kier alpha value is -3.17. The normalized spacial score (nSPS) is 12.2. The van der Waals surface area contributed by atoms with Crippen LogP contribution in [0.25, 0.3) is 22.3 Å². The quantitative estimate of drug-likeness (QED) is 0.521. The Kier molecular flexibility index (Phi) is 6.86. The Morgan fingerprint density at radius 1 is 1.30 bits per heavy atom. The predicted octanol–water partition coefficient (Wildman–Crippen LogP) is 2.82. The van der Waals surface area contributed by atoms with Gasteiger partial charge in [0.15, 0.2) is 5.65 Å². The Balaban J connectivity index is 1.99. The van der Waals surface area contributed by atoms with Crippen molar-refractivity contribution in [2.24, 2.45) is 0 Å². The molecule has 3 N–H and O–H groups in total. The highest BCUT2D eigenvalue weighted by atomic mass is 16.5. The van der Waals surface area contributed by atoms with Crippen molar-refractivity contribution in [1.29, 1.82) is 0 Å². The van der Waals surface area contributed by atoms with Crippen LogP contribution in [0.2, 0.25) is 0 Å². The van der Waals surface area contributed by atoms with Crippen molar-refractivity contribution < 1.29 is 19.4 Å². The van der Waals surface area contributed by atoms with E-state index in [9.17, 15) is 9.90 Å². The zero-order chi connectivity index (χ0) is 21.7. The monoisotopic (exact) mass is 413 g/mol. The van der Waals surface area contributed by atoms with E-state index in [1.165, 1.54) is 7.11 Å². The molecule has 0 aliphatic carbocycles. The molecule has 0 saturated carbocycles. The van der Waals surface area contributed by atoms with Crippen LogP contribution >= 0.6 is 0 Å². The van der Waals surface area contributed by atoms with Crippen LogP contribution in [-0.2, 0) is 4.74 Å². The number of hydrogen-bond acceptors (Lipinski definition) is 7. The van der Waals surface area contributed by atoms with Crippen LogP contribution < -0.4 is 15.4 Å². The highest BCUT2D eigenvalue weighted by Gasteiger charge is 2.16. The number of carbonyl (C=O) groups excluding carboxylic acids is 1. The topological polar surface area (TPSA) is 111 Å². The number of nitrogens with one attached hydrogen (secondary N) is 2. The van der Waals surface area contributed by atoms with Gasteiger partial charge in [0, 0.05) is 18.2 Å². The maximum atomic E-state index is 11.8. The number of ether oxygens (including phenoxy) is 2. The average molecular weight is 413 g/mol. The second-order valence-corrected chi connectivity index (χ2v) is 7.14. The van der Waals surface area contributed by atoms with Crippen molar-refractivity contribution in [2.45, 2.75) is 26.0 Å². The Bertz CT molecular complexity index is 1020. The van der Waals surface area contributed by atoms with E-state index in [2.05, 4.69) is 15.7 Å². The lowest BCUT2D eigenvalue weighted by Crippen LogP contribution is -2.29. The molecule has 9 nitrogen and oxygen atoms in total. The summed E-state index contributed by atoms with van der Waals surface area (Å²) in [6.07, 6.45) is 0.505. The van der Waals surface area contributed by atoms with Gasteiger partial charge in [-0.1, -0.05) is 12.1 Å². The summed E-state index contributed by atoms with van der Waals surface area (Å²) in [5, 5.41) is 20.6. The zero-order valence-corrected chi connectivity index (χ0v) is 17.5. The molecule has 0 bridgehead atoms. The molecule has 1 amide bonds. The third-order valence-corrected chi connectivity index (χ3v) is 4.49. The number of benzene rings is 1. The van der Waals surface area contributed by atoms with Gasteiger partial charge in [-0.05, 0) is 39.1 Å². The molecule has 2 aromatic heterocycles. The average Bonchev–Trinajstić information content (AvgIpc) is 3.17. The molecular formula is C21H27N5O4. The molecule has 0 saturated heterocycles. The summed E-state index contributed by atoms with van der Waals surface area (Å²) in [4.78, 5) is 16.6. The van der Waals surface area contributed by atoms with Crippen LogP contribution in [0.4, 0.5) is 10.5 Å². The Labute approximate surface area is 175 Å². The van der Waals surface area contributed by atoms with Gasteiger partial charge < -0.3 is 19.9 Å². The van der Waals surface area contributed by atoms with Crippen molar-refractivity contribution in [3.8, 4) is 17.0 Å². The van der Waals surface area contributed by atoms with Gasteiger partial charge in [-0.15, -0.1) is 0 Å². The molecule has 1 unspecified atom stereocenters. The number of anilines is 1. The zero-order valence-electron chi connectivity index (χ0n) is 17.5. The first-order chi connectivity index (χ1) is 14.4. The van der Waals surface area contributed by atoms with E-state index in [0.29, 0.717) is 29.3 Å². The lowest BCUT2D eigenvalue weighted by atomic mass is 10.1. The number of pyridine rings is 1. The first-order valence-corrected chi connectivity index (χ1v) is 9.72. The maximum Gasteiger partial charge on any atom is 0.411 e. The number of nitrogens with zero attached hydrogens (tertiary/aromatic N) is 3. The van der Waals surface area contributed by atoms with E-state index >= 15 is 0 Å². The lowest BCUT2D eigenvalue weighted by molar-refractivity contribution is 0.108. The molecule has 160 valence electrons. The number of methoxy groups -OCH3 is 1. The summed E-state index contributed by atoms with van der Waals surface area (Å²) in [5.41, 5.74) is 2.67. The van der Waals surface area contributed by atoms with Crippen molar-refractivity contribution >= 4 is 22.8 Å². The first-order valence-electron chi connectivity index (χ1n) is 9.72. The van der Waals surface area contributed by atoms with Gasteiger partial charge in [0.2, 0.25) is 0 Å². The smallest absolute Gasteiger partial charge is 0.411 e. The predicted molar refractivity (Wildman–Crippen MR) is 115 cm³/mol. The van der Waals surface area contributed by atoms with E-state index in [1.54, 1.807) is 24.0 Å². The van der Waals surface area contributed by atoms with E-state index in [1.807, 2.05) is 38.1 Å².